The van der Waals surface area contributed by atoms with Gasteiger partial charge in [-0.2, -0.15) is 0 Å². The first-order chi connectivity index (χ1) is 35.3. The molecule has 17 nitrogen and oxygen atoms in total. The fourth-order valence-electron chi connectivity index (χ4n) is 9.14. The molecular weight excluding hydrogens is 1010 g/mol. The third kappa shape index (κ3) is 10.7. The van der Waals surface area contributed by atoms with E-state index in [1.165, 1.54) is 17.5 Å². The Morgan fingerprint density at radius 2 is 1.71 bits per heavy atom. The molecule has 374 valence electrons. The monoisotopic (exact) mass is 1060 g/mol. The van der Waals surface area contributed by atoms with Crippen LogP contribution in [0.2, 0.25) is 10.0 Å². The summed E-state index contributed by atoms with van der Waals surface area (Å²) in [5.74, 6) is 1.90. The number of aromatic nitrogens is 7. The Balaban J connectivity index is 0.786. The number of halogens is 2. The van der Waals surface area contributed by atoms with Gasteiger partial charge in [0.05, 0.1) is 29.0 Å². The number of piperazine rings is 1. The number of thiophene rings is 1. The lowest BCUT2D eigenvalue weighted by Crippen LogP contribution is -2.48. The first-order valence-corrected chi connectivity index (χ1v) is 26.1. The molecule has 0 unspecified atom stereocenters. The summed E-state index contributed by atoms with van der Waals surface area (Å²) >= 11 is 15.5. The average molecular weight is 1060 g/mol. The highest BCUT2D eigenvalue weighted by Gasteiger charge is 2.34. The van der Waals surface area contributed by atoms with Crippen molar-refractivity contribution in [1.82, 2.24) is 44.9 Å². The molecule has 73 heavy (non-hydrogen) atoms. The van der Waals surface area contributed by atoms with Crippen LogP contribution in [0.5, 0.6) is 0 Å². The van der Waals surface area contributed by atoms with Gasteiger partial charge in [-0.15, -0.1) is 21.5 Å². The quantitative estimate of drug-likeness (QED) is 0.0711. The lowest BCUT2D eigenvalue weighted by atomic mass is 9.99. The predicted octanol–water partition coefficient (Wildman–Crippen LogP) is 9.28. The van der Waals surface area contributed by atoms with E-state index in [-0.39, 0.29) is 31.3 Å². The second-order valence-electron chi connectivity index (χ2n) is 18.0. The number of fused-ring (bicyclic) bond motifs is 4. The molecule has 4 N–H and O–H groups in total. The van der Waals surface area contributed by atoms with E-state index in [1.54, 1.807) is 17.4 Å². The molecule has 2 amide bonds. The fourth-order valence-corrected chi connectivity index (χ4v) is 11.5. The maximum atomic E-state index is 14.4. The van der Waals surface area contributed by atoms with E-state index in [4.69, 9.17) is 37.9 Å². The van der Waals surface area contributed by atoms with Gasteiger partial charge in [0.25, 0.3) is 5.91 Å². The minimum Gasteiger partial charge on any atom is -0.463 e. The van der Waals surface area contributed by atoms with Crippen molar-refractivity contribution in [3.05, 3.63) is 150 Å². The van der Waals surface area contributed by atoms with Gasteiger partial charge in [0, 0.05) is 83.3 Å². The topological polar surface area (TPSA) is 201 Å². The van der Waals surface area contributed by atoms with Gasteiger partial charge in [0.15, 0.2) is 11.0 Å². The second-order valence-corrected chi connectivity index (χ2v) is 21.1. The molecule has 0 bridgehead atoms. The zero-order chi connectivity index (χ0) is 50.9. The zero-order valence-electron chi connectivity index (χ0n) is 40.6. The van der Waals surface area contributed by atoms with Gasteiger partial charge in [0.2, 0.25) is 5.91 Å². The fraction of sp³-hybridized carbons (Fsp3) is 0.288. The van der Waals surface area contributed by atoms with Crippen molar-refractivity contribution < 1.29 is 19.1 Å². The number of amides is 2. The highest BCUT2D eigenvalue weighted by atomic mass is 35.5. The summed E-state index contributed by atoms with van der Waals surface area (Å²) in [6, 6.07) is 21.0. The van der Waals surface area contributed by atoms with Gasteiger partial charge in [-0.25, -0.2) is 19.7 Å². The number of para-hydroxylation sites is 2. The van der Waals surface area contributed by atoms with Crippen LogP contribution in [0.1, 0.15) is 72.3 Å². The first kappa shape index (κ1) is 49.5. The maximum absolute atomic E-state index is 14.4. The molecule has 1 saturated heterocycles. The van der Waals surface area contributed by atoms with Crippen molar-refractivity contribution in [1.29, 1.82) is 0 Å². The van der Waals surface area contributed by atoms with Crippen molar-refractivity contribution in [2.75, 3.05) is 54.9 Å². The molecule has 8 aromatic rings. The minimum atomic E-state index is -0.991. The summed E-state index contributed by atoms with van der Waals surface area (Å²) in [4.78, 5) is 69.8. The summed E-state index contributed by atoms with van der Waals surface area (Å²) in [6.07, 6.45) is 3.50. The van der Waals surface area contributed by atoms with Crippen LogP contribution in [0, 0.1) is 34.6 Å². The number of hydrogen-bond acceptors (Lipinski definition) is 15. The van der Waals surface area contributed by atoms with Gasteiger partial charge in [-0.3, -0.25) is 24.0 Å². The molecular formula is C52H51Cl2N13O4S2. The van der Waals surface area contributed by atoms with Crippen LogP contribution in [-0.4, -0.2) is 108 Å². The van der Waals surface area contributed by atoms with Gasteiger partial charge >= 0.3 is 5.97 Å². The van der Waals surface area contributed by atoms with E-state index in [1.807, 2.05) is 98.3 Å². The Hall–Kier alpha value is -7.03. The van der Waals surface area contributed by atoms with Gasteiger partial charge in [-0.05, 0) is 75.6 Å². The third-order valence-electron chi connectivity index (χ3n) is 13.1. The molecule has 10 rings (SSSR count). The number of anilines is 4. The number of carbonyl (C=O) groups excluding carboxylic acids is 3. The molecule has 2 aliphatic rings. The van der Waals surface area contributed by atoms with Crippen molar-refractivity contribution >= 4 is 103 Å². The summed E-state index contributed by atoms with van der Waals surface area (Å²) < 4.78 is 7.99. The maximum Gasteiger partial charge on any atom is 0.329 e. The molecule has 2 aliphatic heterocycles. The normalized spacial score (nSPS) is 15.0. The number of aliphatic imine (C=N–C) groups is 1. The van der Waals surface area contributed by atoms with Crippen LogP contribution >= 0.6 is 45.9 Å². The Kier molecular flexibility index (Phi) is 14.4. The SMILES string of the molecule is Cc1nc(Nc2ncc(C(=O)Nc3c(C)cccc3Cl)s2)cc(N2CCN(CCOC(=O)[C@H](Cc3c[nH]c4ccccc34)NC(=O)C[C@@H]3N=C(c4ccc(Cl)cc4)c4c(sc(C)c4C)-n4c(C)nnc43)CC2)n1. The van der Waals surface area contributed by atoms with Gasteiger partial charge < -0.3 is 30.6 Å². The van der Waals surface area contributed by atoms with E-state index >= 15 is 0 Å². The molecule has 3 aromatic carbocycles. The minimum absolute atomic E-state index is 0.0941. The molecule has 0 spiro atoms. The Morgan fingerprint density at radius 3 is 2.51 bits per heavy atom. The average Bonchev–Trinajstić information content (AvgIpc) is 4.16. The number of carbonyl (C=O) groups is 3. The number of nitrogens with zero attached hydrogens (tertiary/aromatic N) is 9. The molecule has 1 fully saturated rings. The summed E-state index contributed by atoms with van der Waals surface area (Å²) in [5, 5.41) is 21.7. The molecule has 5 aromatic heterocycles. The van der Waals surface area contributed by atoms with Gasteiger partial charge in [0.1, 0.15) is 51.9 Å². The first-order valence-electron chi connectivity index (χ1n) is 23.8. The lowest BCUT2D eigenvalue weighted by Gasteiger charge is -2.35. The van der Waals surface area contributed by atoms with Crippen LogP contribution in [0.15, 0.2) is 90.2 Å². The molecule has 7 heterocycles. The van der Waals surface area contributed by atoms with Crippen LogP contribution in [-0.2, 0) is 20.7 Å². The van der Waals surface area contributed by atoms with E-state index in [0.29, 0.717) is 81.8 Å². The summed E-state index contributed by atoms with van der Waals surface area (Å²) in [7, 11) is 0. The highest BCUT2D eigenvalue weighted by Crippen LogP contribution is 2.40. The number of ether oxygens (including phenoxy) is 1. The van der Waals surface area contributed by atoms with Crippen LogP contribution < -0.4 is 20.9 Å². The number of hydrogen-bond donors (Lipinski definition) is 4. The Bertz CT molecular complexity index is 3390. The predicted molar refractivity (Wildman–Crippen MR) is 288 cm³/mol. The van der Waals surface area contributed by atoms with Crippen molar-refractivity contribution in [3.8, 4) is 5.00 Å². The van der Waals surface area contributed by atoms with Gasteiger partial charge in [-0.1, -0.05) is 77.0 Å². The lowest BCUT2D eigenvalue weighted by molar-refractivity contribution is -0.148. The number of benzene rings is 3. The van der Waals surface area contributed by atoms with Crippen LogP contribution in [0.25, 0.3) is 15.9 Å². The van der Waals surface area contributed by atoms with Crippen LogP contribution in [0.3, 0.4) is 0 Å². The van der Waals surface area contributed by atoms with Crippen LogP contribution in [0.4, 0.5) is 22.5 Å². The number of thiazole rings is 1. The molecule has 0 saturated carbocycles. The Labute approximate surface area is 439 Å². The summed E-state index contributed by atoms with van der Waals surface area (Å²) in [6.45, 7) is 13.2. The standard InChI is InChI=1S/C52H51Cl2N13O4S2/c1-28-9-8-11-37(54)46(28)62-49(69)41-27-56-52(73-41)61-42-25-43(58-31(4)57-42)66-19-17-65(18-20-66)21-22-71-51(70)40(23-34-26-55-38-12-7-6-10-36(34)38)59-44(68)24-39-48-64-63-32(5)67(48)50-45(29(2)30(3)72-50)47(60-39)33-13-15-35(53)16-14-33/h6-16,25-27,39-40,55H,17-24H2,1-5H3,(H,59,68)(H,62,69)(H,56,57,58,61)/t39-,40-/m0/s1. The number of esters is 1. The number of H-pyrrole nitrogens is 1. The number of aryl methyl sites for hydroxylation is 4. The smallest absolute Gasteiger partial charge is 0.329 e. The van der Waals surface area contributed by atoms with Crippen molar-refractivity contribution in [2.24, 2.45) is 4.99 Å². The number of rotatable bonds is 15. The van der Waals surface area contributed by atoms with E-state index in [2.05, 4.69) is 64.7 Å². The molecule has 0 aliphatic carbocycles. The zero-order valence-corrected chi connectivity index (χ0v) is 43.8. The summed E-state index contributed by atoms with van der Waals surface area (Å²) in [5.41, 5.74) is 6.86. The molecule has 0 radical (unpaired) electrons. The largest absolute Gasteiger partial charge is 0.463 e. The Morgan fingerprint density at radius 1 is 0.918 bits per heavy atom. The second kappa shape index (κ2) is 21.2. The molecule has 21 heteroatoms. The molecule has 2 atom stereocenters. The number of aromatic amines is 1. The third-order valence-corrected chi connectivity index (χ3v) is 15.7. The van der Waals surface area contributed by atoms with Crippen molar-refractivity contribution in [2.45, 2.75) is 59.5 Å². The highest BCUT2D eigenvalue weighted by molar-refractivity contribution is 7.17. The van der Waals surface area contributed by atoms with E-state index < -0.39 is 18.1 Å². The number of nitrogens with one attached hydrogen (secondary N) is 4. The van der Waals surface area contributed by atoms with E-state index in [0.717, 1.165) is 60.1 Å². The van der Waals surface area contributed by atoms with Crippen molar-refractivity contribution in [3.63, 3.8) is 0 Å². The van der Waals surface area contributed by atoms with E-state index in [9.17, 15) is 14.4 Å².